The van der Waals surface area contributed by atoms with E-state index in [9.17, 15) is 9.59 Å². The molecule has 1 fully saturated rings. The number of hydrogen-bond donors (Lipinski definition) is 1. The van der Waals surface area contributed by atoms with E-state index in [-0.39, 0.29) is 11.7 Å². The van der Waals surface area contributed by atoms with Gasteiger partial charge in [0.1, 0.15) is 5.75 Å². The molecule has 4 rings (SSSR count). The lowest BCUT2D eigenvalue weighted by atomic mass is 9.96. The monoisotopic (exact) mass is 406 g/mol. The zero-order valence-electron chi connectivity index (χ0n) is 16.6. The van der Waals surface area contributed by atoms with Crippen molar-refractivity contribution in [3.05, 3.63) is 76.0 Å². The molecule has 2 aromatic heterocycles. The smallest absolute Gasteiger partial charge is 0.320 e. The Morgan fingerprint density at radius 3 is 2.83 bits per heavy atom. The fourth-order valence-corrected chi connectivity index (χ4v) is 3.55. The Balaban J connectivity index is 1.55. The minimum atomic E-state index is -0.583. The Bertz CT molecular complexity index is 1090. The number of amides is 1. The Labute approximate surface area is 173 Å². The van der Waals surface area contributed by atoms with Crippen LogP contribution in [0.1, 0.15) is 46.9 Å². The highest BCUT2D eigenvalue weighted by Gasteiger charge is 2.32. The molecular formula is C21H22N6O3. The molecule has 9 heteroatoms. The third kappa shape index (κ3) is 4.00. The lowest BCUT2D eigenvalue weighted by Gasteiger charge is -2.35. The van der Waals surface area contributed by atoms with Crippen molar-refractivity contribution < 1.29 is 9.53 Å². The Hall–Kier alpha value is -3.75. The summed E-state index contributed by atoms with van der Waals surface area (Å²) in [4.78, 5) is 32.6. The van der Waals surface area contributed by atoms with E-state index in [0.717, 1.165) is 40.9 Å². The summed E-state index contributed by atoms with van der Waals surface area (Å²) in [6, 6.07) is 10.9. The van der Waals surface area contributed by atoms with Crippen molar-refractivity contribution in [2.24, 2.45) is 5.10 Å². The van der Waals surface area contributed by atoms with Crippen LogP contribution in [0.5, 0.6) is 5.75 Å². The largest absolute Gasteiger partial charge is 0.497 e. The number of ether oxygens (including phenoxy) is 1. The molecule has 9 nitrogen and oxygen atoms in total. The maximum Gasteiger partial charge on any atom is 0.320 e. The number of H-pyrrole nitrogens is 1. The SMILES string of the molecule is COc1ccc(C=Nn2[nH]nc(C(=O)N3CCCCC3c3cccnc3)c2=O)cc1. The van der Waals surface area contributed by atoms with Crippen molar-refractivity contribution in [1.29, 1.82) is 0 Å². The molecule has 0 aliphatic carbocycles. The fourth-order valence-electron chi connectivity index (χ4n) is 3.55. The third-order valence-corrected chi connectivity index (χ3v) is 5.12. The second-order valence-electron chi connectivity index (χ2n) is 6.99. The average Bonchev–Trinajstić information content (AvgIpc) is 3.18. The number of piperidine rings is 1. The van der Waals surface area contributed by atoms with Gasteiger partial charge in [-0.15, -0.1) is 9.89 Å². The predicted octanol–water partition coefficient (Wildman–Crippen LogP) is 2.22. The standard InChI is InChI=1S/C21H22N6O3/c1-30-17-9-7-15(8-10-17)13-23-27-21(29)19(24-25-27)20(28)26-12-3-2-6-18(26)16-5-4-11-22-14-16/h4-5,7-11,13-14,18,25H,2-3,6,12H2,1H3. The van der Waals surface area contributed by atoms with E-state index in [4.69, 9.17) is 4.74 Å². The summed E-state index contributed by atoms with van der Waals surface area (Å²) in [5.41, 5.74) is 0.981. The minimum absolute atomic E-state index is 0.118. The lowest BCUT2D eigenvalue weighted by molar-refractivity contribution is 0.0603. The molecule has 0 spiro atoms. The maximum absolute atomic E-state index is 13.1. The van der Waals surface area contributed by atoms with E-state index >= 15 is 0 Å². The number of carbonyl (C=O) groups excluding carboxylic acids is 1. The average molecular weight is 406 g/mol. The van der Waals surface area contributed by atoms with Gasteiger partial charge < -0.3 is 9.64 Å². The van der Waals surface area contributed by atoms with Crippen LogP contribution < -0.4 is 10.3 Å². The molecule has 1 atom stereocenters. The van der Waals surface area contributed by atoms with Crippen LogP contribution in [0.25, 0.3) is 0 Å². The zero-order valence-corrected chi connectivity index (χ0v) is 16.6. The molecule has 1 saturated heterocycles. The van der Waals surface area contributed by atoms with Gasteiger partial charge in [0.2, 0.25) is 5.69 Å². The van der Waals surface area contributed by atoms with Crippen LogP contribution in [0.3, 0.4) is 0 Å². The second kappa shape index (κ2) is 8.73. The normalized spacial score (nSPS) is 16.7. The zero-order chi connectivity index (χ0) is 20.9. The summed E-state index contributed by atoms with van der Waals surface area (Å²) in [6.07, 6.45) is 7.69. The Kier molecular flexibility index (Phi) is 5.69. The first-order valence-corrected chi connectivity index (χ1v) is 9.74. The molecule has 3 heterocycles. The molecule has 0 bridgehead atoms. The number of aromatic amines is 1. The number of likely N-dealkylation sites (tertiary alicyclic amines) is 1. The number of aromatic nitrogens is 4. The summed E-state index contributed by atoms with van der Waals surface area (Å²) < 4.78 is 5.12. The third-order valence-electron chi connectivity index (χ3n) is 5.12. The van der Waals surface area contributed by atoms with Gasteiger partial charge in [0, 0.05) is 18.9 Å². The molecule has 30 heavy (non-hydrogen) atoms. The molecule has 1 aliphatic rings. The maximum atomic E-state index is 13.1. The van der Waals surface area contributed by atoms with E-state index in [2.05, 4.69) is 20.4 Å². The van der Waals surface area contributed by atoms with Gasteiger partial charge in [-0.2, -0.15) is 10.3 Å². The molecule has 1 N–H and O–H groups in total. The quantitative estimate of drug-likeness (QED) is 0.654. The molecule has 154 valence electrons. The van der Waals surface area contributed by atoms with Crippen LogP contribution >= 0.6 is 0 Å². The summed E-state index contributed by atoms with van der Waals surface area (Å²) in [7, 11) is 1.59. The molecule has 1 aliphatic heterocycles. The molecule has 1 amide bonds. The highest BCUT2D eigenvalue weighted by atomic mass is 16.5. The van der Waals surface area contributed by atoms with Crippen LogP contribution in [0, 0.1) is 0 Å². The van der Waals surface area contributed by atoms with Crippen molar-refractivity contribution in [2.45, 2.75) is 25.3 Å². The minimum Gasteiger partial charge on any atom is -0.497 e. The topological polar surface area (TPSA) is 105 Å². The first-order chi connectivity index (χ1) is 14.7. The van der Waals surface area contributed by atoms with Crippen LogP contribution in [0.2, 0.25) is 0 Å². The molecule has 0 saturated carbocycles. The van der Waals surface area contributed by atoms with Crippen molar-refractivity contribution in [2.75, 3.05) is 13.7 Å². The number of nitrogens with zero attached hydrogens (tertiary/aromatic N) is 5. The fraction of sp³-hybridized carbons (Fsp3) is 0.286. The first-order valence-electron chi connectivity index (χ1n) is 9.74. The van der Waals surface area contributed by atoms with Gasteiger partial charge in [-0.1, -0.05) is 6.07 Å². The molecule has 3 aromatic rings. The number of hydrogen-bond acceptors (Lipinski definition) is 6. The van der Waals surface area contributed by atoms with Gasteiger partial charge in [0.15, 0.2) is 0 Å². The van der Waals surface area contributed by atoms with Gasteiger partial charge in [0.05, 0.1) is 19.4 Å². The van der Waals surface area contributed by atoms with Gasteiger partial charge in [-0.25, -0.2) is 0 Å². The summed E-state index contributed by atoms with van der Waals surface area (Å²) in [5, 5.41) is 10.6. The summed E-state index contributed by atoms with van der Waals surface area (Å²) in [6.45, 7) is 0.569. The number of rotatable bonds is 5. The molecule has 0 radical (unpaired) electrons. The van der Waals surface area contributed by atoms with Crippen LogP contribution in [-0.2, 0) is 0 Å². The second-order valence-corrected chi connectivity index (χ2v) is 6.99. The summed E-state index contributed by atoms with van der Waals surface area (Å²) in [5.74, 6) is 0.326. The highest BCUT2D eigenvalue weighted by molar-refractivity contribution is 5.92. The molecule has 1 aromatic carbocycles. The van der Waals surface area contributed by atoms with Gasteiger partial charge in [0.25, 0.3) is 5.91 Å². The predicted molar refractivity (Wildman–Crippen MR) is 111 cm³/mol. The van der Waals surface area contributed by atoms with Crippen LogP contribution in [0.4, 0.5) is 0 Å². The van der Waals surface area contributed by atoms with Crippen molar-refractivity contribution in [1.82, 2.24) is 25.0 Å². The van der Waals surface area contributed by atoms with Gasteiger partial charge in [-0.05, 0) is 60.7 Å². The van der Waals surface area contributed by atoms with Crippen molar-refractivity contribution >= 4 is 12.1 Å². The number of pyridine rings is 1. The van der Waals surface area contributed by atoms with E-state index in [1.54, 1.807) is 36.5 Å². The lowest BCUT2D eigenvalue weighted by Crippen LogP contribution is -2.40. The van der Waals surface area contributed by atoms with Crippen molar-refractivity contribution in [3.63, 3.8) is 0 Å². The molecule has 1 unspecified atom stereocenters. The van der Waals surface area contributed by atoms with Gasteiger partial charge >= 0.3 is 5.56 Å². The number of carbonyl (C=O) groups is 1. The van der Waals surface area contributed by atoms with E-state index < -0.39 is 11.5 Å². The van der Waals surface area contributed by atoms with Crippen LogP contribution in [0.15, 0.2) is 58.7 Å². The highest BCUT2D eigenvalue weighted by Crippen LogP contribution is 2.31. The van der Waals surface area contributed by atoms with E-state index in [1.165, 1.54) is 6.21 Å². The number of nitrogens with one attached hydrogen (secondary N) is 1. The van der Waals surface area contributed by atoms with Crippen molar-refractivity contribution in [3.8, 4) is 5.75 Å². The number of benzene rings is 1. The molecular weight excluding hydrogens is 384 g/mol. The number of methoxy groups -OCH3 is 1. The first kappa shape index (κ1) is 19.6. The van der Waals surface area contributed by atoms with E-state index in [0.29, 0.717) is 6.54 Å². The van der Waals surface area contributed by atoms with E-state index in [1.807, 2.05) is 24.3 Å². The summed E-state index contributed by atoms with van der Waals surface area (Å²) >= 11 is 0. The Morgan fingerprint density at radius 1 is 1.27 bits per heavy atom. The van der Waals surface area contributed by atoms with Gasteiger partial charge in [-0.3, -0.25) is 14.6 Å². The Morgan fingerprint density at radius 2 is 2.10 bits per heavy atom. The van der Waals surface area contributed by atoms with Crippen LogP contribution in [-0.4, -0.2) is 50.8 Å².